The van der Waals surface area contributed by atoms with Gasteiger partial charge in [0.05, 0.1) is 0 Å². The summed E-state index contributed by atoms with van der Waals surface area (Å²) >= 11 is 0. The number of carbonyl (C=O) groups excluding carboxylic acids is 6. The van der Waals surface area contributed by atoms with Crippen molar-refractivity contribution >= 4 is 35.8 Å². The normalized spacial score (nSPS) is 5.77. The summed E-state index contributed by atoms with van der Waals surface area (Å²) < 4.78 is 0. The second kappa shape index (κ2) is 44.2. The van der Waals surface area contributed by atoms with E-state index in [1.807, 2.05) is 0 Å². The van der Waals surface area contributed by atoms with Crippen LogP contribution in [0.4, 0.5) is 0 Å². The van der Waals surface area contributed by atoms with E-state index < -0.39 is 35.8 Å². The largest absolute Gasteiger partial charge is 3.00 e. The van der Waals surface area contributed by atoms with Crippen LogP contribution in [0.3, 0.4) is 0 Å². The molecule has 0 fully saturated rings. The predicted molar refractivity (Wildman–Crippen MR) is 64.1 cm³/mol. The van der Waals surface area contributed by atoms with Gasteiger partial charge in [-0.2, -0.15) is 0 Å². The quantitative estimate of drug-likeness (QED) is 0.240. The molecule has 0 bridgehead atoms. The van der Waals surface area contributed by atoms with Crippen LogP contribution >= 0.6 is 0 Å². The van der Waals surface area contributed by atoms with E-state index in [0.717, 1.165) is 41.5 Å². The fraction of sp³-hybridized carbons (Fsp3) is 0.500. The molecule has 0 aromatic carbocycles. The zero-order valence-electron chi connectivity index (χ0n) is 15.0. The van der Waals surface area contributed by atoms with Gasteiger partial charge in [0.15, 0.2) is 0 Å². The first-order valence-corrected chi connectivity index (χ1v) is 5.45. The molecular formula is C12H18NdO12Pr. The van der Waals surface area contributed by atoms with Crippen molar-refractivity contribution < 1.29 is 142 Å². The number of carboxylic acids is 6. The van der Waals surface area contributed by atoms with Gasteiger partial charge in [-0.05, 0) is 41.5 Å². The van der Waals surface area contributed by atoms with Gasteiger partial charge in [0.2, 0.25) is 0 Å². The second-order valence-electron chi connectivity index (χ2n) is 2.95. The molecule has 0 amide bonds. The first kappa shape index (κ1) is 50.0. The van der Waals surface area contributed by atoms with E-state index in [4.69, 9.17) is 59.4 Å². The van der Waals surface area contributed by atoms with Gasteiger partial charge in [0, 0.05) is 35.8 Å². The summed E-state index contributed by atoms with van der Waals surface area (Å²) in [6, 6.07) is 0. The van der Waals surface area contributed by atoms with Crippen LogP contribution in [-0.2, 0) is 28.8 Å². The van der Waals surface area contributed by atoms with Gasteiger partial charge in [-0.1, -0.05) is 0 Å². The second-order valence-corrected chi connectivity index (χ2v) is 2.95. The number of carbonyl (C=O) groups is 6. The summed E-state index contributed by atoms with van der Waals surface area (Å²) in [6.07, 6.45) is 0. The SMILES string of the molecule is CC(=O)[O-].CC(=O)[O-].CC(=O)[O-].CC(=O)[O-].CC(=O)[O-].CC(=O)[O-].[Nd+3].[Pr+3]. The van der Waals surface area contributed by atoms with Crippen LogP contribution in [0.25, 0.3) is 0 Å². The van der Waals surface area contributed by atoms with Gasteiger partial charge in [-0.15, -0.1) is 0 Å². The Kier molecular flexibility index (Phi) is 85.0. The van der Waals surface area contributed by atoms with E-state index in [1.54, 1.807) is 0 Å². The molecule has 12 nitrogen and oxygen atoms in total. The molecule has 0 aliphatic heterocycles. The topological polar surface area (TPSA) is 241 Å². The molecule has 26 heavy (non-hydrogen) atoms. The van der Waals surface area contributed by atoms with Gasteiger partial charge in [-0.25, -0.2) is 0 Å². The van der Waals surface area contributed by atoms with E-state index in [-0.39, 0.29) is 82.1 Å². The summed E-state index contributed by atoms with van der Waals surface area (Å²) in [5.74, 6) is -6.50. The Bertz CT molecular complexity index is 267. The average Bonchev–Trinajstić information content (AvgIpc) is 2.08. The maximum absolute atomic E-state index is 8.89. The van der Waals surface area contributed by atoms with Crippen molar-refractivity contribution in [2.45, 2.75) is 41.5 Å². The van der Waals surface area contributed by atoms with Gasteiger partial charge >= 0.3 is 82.1 Å². The molecule has 0 aromatic rings. The number of aliphatic carboxylic acids is 6. The zero-order chi connectivity index (χ0) is 21.5. The van der Waals surface area contributed by atoms with E-state index in [1.165, 1.54) is 0 Å². The van der Waals surface area contributed by atoms with E-state index >= 15 is 0 Å². The standard InChI is InChI=1S/6C2H4O2.Nd.Pr/c6*1-2(3)4;;/h6*1H3,(H,3,4);;/q;;;;;;2*+3/p-6. The summed E-state index contributed by atoms with van der Waals surface area (Å²) in [5.41, 5.74) is 0. The van der Waals surface area contributed by atoms with Crippen molar-refractivity contribution in [3.63, 3.8) is 0 Å². The Hall–Kier alpha value is -0.466. The van der Waals surface area contributed by atoms with Crippen LogP contribution in [0, 0.1) is 82.1 Å². The maximum atomic E-state index is 8.89. The smallest absolute Gasteiger partial charge is 0.550 e. The molecule has 14 heteroatoms. The van der Waals surface area contributed by atoms with Crippen LogP contribution in [0.2, 0.25) is 0 Å². The molecule has 0 N–H and O–H groups in total. The van der Waals surface area contributed by atoms with Crippen LogP contribution in [0.1, 0.15) is 41.5 Å². The molecule has 0 unspecified atom stereocenters. The maximum Gasteiger partial charge on any atom is 3.00 e. The molecule has 1 radical (unpaired) electrons. The van der Waals surface area contributed by atoms with E-state index in [0.29, 0.717) is 0 Å². The molecular weight excluding hydrogens is 621 g/mol. The molecule has 145 valence electrons. The Morgan fingerprint density at radius 3 is 0.385 bits per heavy atom. The van der Waals surface area contributed by atoms with Crippen molar-refractivity contribution in [1.82, 2.24) is 0 Å². The Labute approximate surface area is 216 Å². The number of carboxylic acid groups (broad SMARTS) is 6. The molecule has 0 saturated carbocycles. The van der Waals surface area contributed by atoms with Crippen LogP contribution < -0.4 is 30.6 Å². The summed E-state index contributed by atoms with van der Waals surface area (Å²) in [4.78, 5) is 53.3. The van der Waals surface area contributed by atoms with Crippen molar-refractivity contribution in [2.75, 3.05) is 0 Å². The van der Waals surface area contributed by atoms with Gasteiger partial charge in [0.1, 0.15) is 0 Å². The third-order valence-electron chi connectivity index (χ3n) is 0. The van der Waals surface area contributed by atoms with E-state index in [2.05, 4.69) is 0 Å². The molecule has 0 spiro atoms. The fourth-order valence-electron chi connectivity index (χ4n) is 0. The first-order valence-electron chi connectivity index (χ1n) is 5.45. The molecule has 0 rings (SSSR count). The number of hydrogen-bond donors (Lipinski definition) is 0. The molecule has 0 heterocycles. The van der Waals surface area contributed by atoms with Crippen molar-refractivity contribution in [3.8, 4) is 0 Å². The van der Waals surface area contributed by atoms with Crippen LogP contribution in [0.5, 0.6) is 0 Å². The Balaban J connectivity index is -0.0000000245. The molecule has 0 saturated heterocycles. The number of rotatable bonds is 0. The summed E-state index contributed by atoms with van der Waals surface area (Å²) in [5, 5.41) is 53.3. The van der Waals surface area contributed by atoms with Gasteiger partial charge in [0.25, 0.3) is 0 Å². The Morgan fingerprint density at radius 2 is 0.385 bits per heavy atom. The van der Waals surface area contributed by atoms with Crippen molar-refractivity contribution in [1.29, 1.82) is 0 Å². The monoisotopic (exact) mass is 637 g/mol. The summed E-state index contributed by atoms with van der Waals surface area (Å²) in [7, 11) is 0. The van der Waals surface area contributed by atoms with Gasteiger partial charge in [-0.3, -0.25) is 0 Å². The molecule has 0 aromatic heterocycles. The molecule has 0 aliphatic rings. The third kappa shape index (κ3) is 55100. The van der Waals surface area contributed by atoms with E-state index in [9.17, 15) is 0 Å². The molecule has 0 atom stereocenters. The zero-order valence-corrected chi connectivity index (χ0v) is 21.9. The number of hydrogen-bond acceptors (Lipinski definition) is 12. The van der Waals surface area contributed by atoms with Crippen LogP contribution in [-0.4, -0.2) is 35.8 Å². The minimum atomic E-state index is -1.08. The van der Waals surface area contributed by atoms with Crippen molar-refractivity contribution in [2.24, 2.45) is 0 Å². The third-order valence-corrected chi connectivity index (χ3v) is 0. The fourth-order valence-corrected chi connectivity index (χ4v) is 0. The Morgan fingerprint density at radius 1 is 0.385 bits per heavy atom. The minimum Gasteiger partial charge on any atom is -0.550 e. The van der Waals surface area contributed by atoms with Crippen LogP contribution in [0.15, 0.2) is 0 Å². The summed E-state index contributed by atoms with van der Waals surface area (Å²) in [6.45, 7) is 5.83. The first-order chi connectivity index (χ1) is 10.4. The van der Waals surface area contributed by atoms with Crippen molar-refractivity contribution in [3.05, 3.63) is 0 Å². The minimum absolute atomic E-state index is 0. The van der Waals surface area contributed by atoms with Gasteiger partial charge < -0.3 is 59.4 Å². The predicted octanol–water partition coefficient (Wildman–Crippen LogP) is -7.46. The average molecular weight is 639 g/mol. The molecule has 0 aliphatic carbocycles.